The van der Waals surface area contributed by atoms with E-state index in [9.17, 15) is 32.3 Å². The molecule has 2 N–H and O–H groups in total. The molecular formula is C28H32BF4N3O4. The quantitative estimate of drug-likeness (QED) is 0.215. The first-order valence-corrected chi connectivity index (χ1v) is 12.9. The van der Waals surface area contributed by atoms with Crippen LogP contribution in [0, 0.1) is 23.3 Å². The molecule has 2 atom stereocenters. The number of aromatic carboxylic acids is 1. The number of halogens is 4. The molecule has 0 radical (unpaired) electrons. The van der Waals surface area contributed by atoms with Gasteiger partial charge in [-0.15, -0.1) is 0 Å². The van der Waals surface area contributed by atoms with Gasteiger partial charge in [0.05, 0.1) is 0 Å². The molecule has 1 heterocycles. The van der Waals surface area contributed by atoms with Crippen LogP contribution in [0.15, 0.2) is 42.5 Å². The van der Waals surface area contributed by atoms with E-state index in [0.717, 1.165) is 25.2 Å². The Kier molecular flexibility index (Phi) is 11.7. The van der Waals surface area contributed by atoms with Crippen molar-refractivity contribution in [1.82, 2.24) is 10.2 Å². The molecule has 2 aromatic carbocycles. The van der Waals surface area contributed by atoms with Crippen LogP contribution in [0.5, 0.6) is 0 Å². The van der Waals surface area contributed by atoms with E-state index in [4.69, 9.17) is 9.92 Å². The van der Waals surface area contributed by atoms with Gasteiger partial charge in [0.15, 0.2) is 0 Å². The van der Waals surface area contributed by atoms with Crippen LogP contribution in [-0.2, 0) is 15.6 Å². The molecule has 0 spiro atoms. The van der Waals surface area contributed by atoms with Gasteiger partial charge in [-0.1, -0.05) is 27.2 Å². The van der Waals surface area contributed by atoms with Crippen molar-refractivity contribution in [2.45, 2.75) is 71.6 Å². The number of nitrogens with zero attached hydrogens (tertiary/aromatic N) is 2. The zero-order valence-electron chi connectivity index (χ0n) is 22.8. The molecule has 3 rings (SSSR count). The first kappa shape index (κ1) is 32.3. The maximum absolute atomic E-state index is 13.5. The molecule has 12 heteroatoms. The number of unbranched alkanes of at least 4 members (excludes halogenated alkanes) is 1. The van der Waals surface area contributed by atoms with E-state index in [1.54, 1.807) is 0 Å². The summed E-state index contributed by atoms with van der Waals surface area (Å²) in [5, 5.41) is 21.2. The van der Waals surface area contributed by atoms with Crippen molar-refractivity contribution in [1.29, 1.82) is 5.26 Å². The Morgan fingerprint density at radius 1 is 1.20 bits per heavy atom. The predicted octanol–water partition coefficient (Wildman–Crippen LogP) is 6.20. The van der Waals surface area contributed by atoms with Gasteiger partial charge in [-0.25, -0.2) is 0 Å². The van der Waals surface area contributed by atoms with Crippen LogP contribution in [-0.4, -0.2) is 34.7 Å². The predicted molar refractivity (Wildman–Crippen MR) is 142 cm³/mol. The van der Waals surface area contributed by atoms with Crippen molar-refractivity contribution in [2.75, 3.05) is 0 Å². The SMILES string of the molecule is CCC(C)C.CCCCC(c1ccc(C(F)(F)F)c(C(=O)O)c1)N1C(=O)C(c2ccc(F)cc2)NC1=BOC#N. The topological polar surface area (TPSA) is 103 Å². The number of nitrogens with one attached hydrogen (secondary N) is 1. The van der Waals surface area contributed by atoms with Crippen LogP contribution in [0.25, 0.3) is 0 Å². The minimum absolute atomic E-state index is 0.0590. The molecule has 214 valence electrons. The number of hydrogen-bond acceptors (Lipinski definition) is 5. The molecule has 1 aliphatic rings. The van der Waals surface area contributed by atoms with Crippen LogP contribution in [0.4, 0.5) is 17.6 Å². The molecular weight excluding hydrogens is 529 g/mol. The summed E-state index contributed by atoms with van der Waals surface area (Å²) >= 11 is 0. The molecule has 1 amide bonds. The fourth-order valence-corrected chi connectivity index (χ4v) is 3.95. The molecule has 2 unspecified atom stereocenters. The zero-order valence-corrected chi connectivity index (χ0v) is 22.8. The van der Waals surface area contributed by atoms with Crippen LogP contribution < -0.4 is 5.32 Å². The van der Waals surface area contributed by atoms with Gasteiger partial charge in [0, 0.05) is 0 Å². The maximum atomic E-state index is 13.5. The fraction of sp³-hybridized carbons (Fsp3) is 0.429. The number of benzene rings is 2. The van der Waals surface area contributed by atoms with E-state index in [0.29, 0.717) is 24.5 Å². The Hall–Kier alpha value is -3.88. The molecule has 0 bridgehead atoms. The van der Waals surface area contributed by atoms with E-state index in [-0.39, 0.29) is 17.7 Å². The molecule has 2 aromatic rings. The number of carbonyl (C=O) groups is 2. The third-order valence-electron chi connectivity index (χ3n) is 6.39. The molecule has 0 aromatic heterocycles. The van der Waals surface area contributed by atoms with Crippen LogP contribution in [0.1, 0.15) is 92.5 Å². The third-order valence-corrected chi connectivity index (χ3v) is 6.39. The molecule has 0 saturated carbocycles. The fourth-order valence-electron chi connectivity index (χ4n) is 3.95. The summed E-state index contributed by atoms with van der Waals surface area (Å²) in [7, 11) is 0.989. The summed E-state index contributed by atoms with van der Waals surface area (Å²) < 4.78 is 58.2. The molecule has 1 fully saturated rings. The number of carboxylic acid groups (broad SMARTS) is 1. The van der Waals surface area contributed by atoms with Crippen molar-refractivity contribution >= 4 is 24.7 Å². The van der Waals surface area contributed by atoms with E-state index in [1.165, 1.54) is 41.8 Å². The van der Waals surface area contributed by atoms with Crippen molar-refractivity contribution in [3.8, 4) is 6.26 Å². The van der Waals surface area contributed by atoms with Crippen LogP contribution >= 0.6 is 0 Å². The molecule has 1 aliphatic heterocycles. The first-order valence-electron chi connectivity index (χ1n) is 12.9. The average Bonchev–Trinajstić information content (AvgIpc) is 3.23. The third kappa shape index (κ3) is 8.31. The van der Waals surface area contributed by atoms with E-state index >= 15 is 0 Å². The minimum atomic E-state index is -4.88. The van der Waals surface area contributed by atoms with E-state index in [2.05, 4.69) is 26.1 Å². The van der Waals surface area contributed by atoms with Crippen molar-refractivity contribution in [3.05, 3.63) is 70.5 Å². The number of carbonyl (C=O) groups excluding carboxylic acids is 1. The van der Waals surface area contributed by atoms with Gasteiger partial charge >= 0.3 is 198 Å². The van der Waals surface area contributed by atoms with Crippen LogP contribution in [0.3, 0.4) is 0 Å². The van der Waals surface area contributed by atoms with Gasteiger partial charge in [0.25, 0.3) is 0 Å². The second-order valence-electron chi connectivity index (χ2n) is 9.62. The summed E-state index contributed by atoms with van der Waals surface area (Å²) in [6.07, 6.45) is -0.583. The van der Waals surface area contributed by atoms with Gasteiger partial charge in [-0.05, 0) is 5.92 Å². The molecule has 7 nitrogen and oxygen atoms in total. The van der Waals surface area contributed by atoms with Gasteiger partial charge in [0.1, 0.15) is 0 Å². The summed E-state index contributed by atoms with van der Waals surface area (Å²) in [5.74, 6) is -1.91. The molecule has 40 heavy (non-hydrogen) atoms. The number of alkyl halides is 3. The molecule has 0 aliphatic carbocycles. The number of amides is 1. The Morgan fingerprint density at radius 2 is 1.82 bits per heavy atom. The van der Waals surface area contributed by atoms with Crippen LogP contribution in [0.2, 0.25) is 0 Å². The normalized spacial score (nSPS) is 16.5. The van der Waals surface area contributed by atoms with Crippen molar-refractivity contribution < 1.29 is 36.9 Å². The number of carboxylic acids is 1. The number of rotatable bonds is 9. The van der Waals surface area contributed by atoms with Gasteiger partial charge in [-0.3, -0.25) is 0 Å². The Labute approximate surface area is 231 Å². The Bertz CT molecular complexity index is 1240. The Balaban J connectivity index is 0.00000103. The first-order chi connectivity index (χ1) is 18.8. The van der Waals surface area contributed by atoms with E-state index < -0.39 is 47.1 Å². The molecule has 1 saturated heterocycles. The number of hydrogen-bond donors (Lipinski definition) is 2. The number of nitriles is 1. The summed E-state index contributed by atoms with van der Waals surface area (Å²) in [6.45, 7) is 8.53. The second kappa shape index (κ2) is 14.5. The van der Waals surface area contributed by atoms with Crippen molar-refractivity contribution in [3.63, 3.8) is 0 Å². The zero-order chi connectivity index (χ0) is 30.0. The van der Waals surface area contributed by atoms with Gasteiger partial charge < -0.3 is 0 Å². The van der Waals surface area contributed by atoms with Gasteiger partial charge in [-0.2, -0.15) is 0 Å². The van der Waals surface area contributed by atoms with Crippen molar-refractivity contribution in [2.24, 2.45) is 5.92 Å². The second-order valence-corrected chi connectivity index (χ2v) is 9.62. The van der Waals surface area contributed by atoms with E-state index in [1.807, 2.05) is 6.92 Å². The standard InChI is InChI=1S/C23H20BF4N3O4.C5H12/c1-2-3-4-18(14-7-10-17(23(26,27)28)16(11-14)21(33)34)31-20(32)19(30-22(31)24-35-12-29)13-5-8-15(25)9-6-13;1-4-5(2)3/h5-11,18-19,30H,2-4H2,1H3,(H,33,34);5H,4H2,1-3H3. The monoisotopic (exact) mass is 561 g/mol. The average molecular weight is 561 g/mol. The Morgan fingerprint density at radius 3 is 2.33 bits per heavy atom. The summed E-state index contributed by atoms with van der Waals surface area (Å²) in [6, 6.07) is 6.02. The summed E-state index contributed by atoms with van der Waals surface area (Å²) in [4.78, 5) is 26.3. The van der Waals surface area contributed by atoms with Gasteiger partial charge in [0.2, 0.25) is 0 Å². The summed E-state index contributed by atoms with van der Waals surface area (Å²) in [5.41, 5.74) is -1.60.